The molecule has 0 bridgehead atoms. The van der Waals surface area contributed by atoms with E-state index in [1.54, 1.807) is 0 Å². The number of nitrogens with zero attached hydrogens (tertiary/aromatic N) is 2. The SMILES string of the molecule is CCOc1cccc2c1OCC1(C#N)C(c3ccccc3)ON(c3ccccc3)C21. The van der Waals surface area contributed by atoms with Crippen molar-refractivity contribution in [3.05, 3.63) is 90.0 Å². The lowest BCUT2D eigenvalue weighted by Crippen LogP contribution is -2.41. The molecular formula is C25H22N2O3. The van der Waals surface area contributed by atoms with Crippen molar-refractivity contribution in [1.82, 2.24) is 0 Å². The average molecular weight is 398 g/mol. The molecule has 0 aromatic heterocycles. The first kappa shape index (κ1) is 18.5. The maximum Gasteiger partial charge on any atom is 0.166 e. The number of hydrogen-bond acceptors (Lipinski definition) is 5. The Hall–Kier alpha value is -3.49. The third-order valence-electron chi connectivity index (χ3n) is 5.79. The topological polar surface area (TPSA) is 54.7 Å². The van der Waals surface area contributed by atoms with Crippen molar-refractivity contribution in [3.8, 4) is 17.6 Å². The molecule has 150 valence electrons. The molecule has 0 radical (unpaired) electrons. The Morgan fingerprint density at radius 1 is 1.03 bits per heavy atom. The standard InChI is InChI=1S/C25H22N2O3/c1-2-28-21-15-9-14-20-22(21)29-17-25(16-26)23(20)27(19-12-7-4-8-13-19)30-24(25)18-10-5-3-6-11-18/h3-15,23-24H,2,17H2,1H3. The van der Waals surface area contributed by atoms with Crippen molar-refractivity contribution in [3.63, 3.8) is 0 Å². The molecule has 30 heavy (non-hydrogen) atoms. The molecule has 0 saturated carbocycles. The Bertz CT molecular complexity index is 1080. The monoisotopic (exact) mass is 398 g/mol. The van der Waals surface area contributed by atoms with Crippen LogP contribution < -0.4 is 14.5 Å². The van der Waals surface area contributed by atoms with E-state index in [9.17, 15) is 5.26 Å². The first-order valence-electron chi connectivity index (χ1n) is 10.1. The van der Waals surface area contributed by atoms with Crippen LogP contribution in [0.25, 0.3) is 0 Å². The number of rotatable bonds is 4. The average Bonchev–Trinajstić information content (AvgIpc) is 3.17. The van der Waals surface area contributed by atoms with Gasteiger partial charge in [0, 0.05) is 5.56 Å². The van der Waals surface area contributed by atoms with Crippen molar-refractivity contribution < 1.29 is 14.3 Å². The summed E-state index contributed by atoms with van der Waals surface area (Å²) in [4.78, 5) is 6.52. The minimum absolute atomic E-state index is 0.216. The summed E-state index contributed by atoms with van der Waals surface area (Å²) < 4.78 is 12.0. The normalized spacial score (nSPS) is 24.3. The predicted octanol–water partition coefficient (Wildman–Crippen LogP) is 5.22. The summed E-state index contributed by atoms with van der Waals surface area (Å²) in [6.45, 7) is 2.70. The van der Waals surface area contributed by atoms with Gasteiger partial charge in [-0.3, -0.25) is 4.84 Å². The van der Waals surface area contributed by atoms with E-state index in [0.717, 1.165) is 16.8 Å². The Labute approximate surface area is 176 Å². The quantitative estimate of drug-likeness (QED) is 0.603. The third-order valence-corrected chi connectivity index (χ3v) is 5.79. The Morgan fingerprint density at radius 3 is 2.47 bits per heavy atom. The summed E-state index contributed by atoms with van der Waals surface area (Å²) in [5.74, 6) is 1.38. The van der Waals surface area contributed by atoms with Crippen LogP contribution in [0.4, 0.5) is 5.69 Å². The van der Waals surface area contributed by atoms with Gasteiger partial charge in [-0.25, -0.2) is 5.06 Å². The van der Waals surface area contributed by atoms with Crippen LogP contribution in [0.3, 0.4) is 0 Å². The smallest absolute Gasteiger partial charge is 0.166 e. The molecule has 5 rings (SSSR count). The highest BCUT2D eigenvalue weighted by Gasteiger charge is 2.61. The van der Waals surface area contributed by atoms with E-state index in [1.807, 2.05) is 90.8 Å². The molecule has 2 aliphatic rings. The van der Waals surface area contributed by atoms with Gasteiger partial charge in [0.05, 0.1) is 18.4 Å². The molecule has 3 atom stereocenters. The van der Waals surface area contributed by atoms with Gasteiger partial charge in [-0.15, -0.1) is 0 Å². The summed E-state index contributed by atoms with van der Waals surface area (Å²) in [6.07, 6.45) is -0.460. The van der Waals surface area contributed by atoms with Gasteiger partial charge in [-0.05, 0) is 30.7 Å². The highest BCUT2D eigenvalue weighted by molar-refractivity contribution is 5.58. The molecule has 2 heterocycles. The van der Waals surface area contributed by atoms with Crippen LogP contribution in [0.5, 0.6) is 11.5 Å². The van der Waals surface area contributed by atoms with E-state index in [-0.39, 0.29) is 12.6 Å². The largest absolute Gasteiger partial charge is 0.490 e. The van der Waals surface area contributed by atoms with Gasteiger partial charge in [0.2, 0.25) is 0 Å². The molecule has 1 saturated heterocycles. The summed E-state index contributed by atoms with van der Waals surface area (Å²) in [7, 11) is 0. The zero-order chi connectivity index (χ0) is 20.6. The number of benzene rings is 3. The van der Waals surface area contributed by atoms with Crippen LogP contribution in [-0.4, -0.2) is 13.2 Å². The predicted molar refractivity (Wildman–Crippen MR) is 113 cm³/mol. The maximum atomic E-state index is 10.5. The minimum Gasteiger partial charge on any atom is -0.490 e. The van der Waals surface area contributed by atoms with Gasteiger partial charge < -0.3 is 9.47 Å². The van der Waals surface area contributed by atoms with E-state index >= 15 is 0 Å². The van der Waals surface area contributed by atoms with Crippen LogP contribution in [0.15, 0.2) is 78.9 Å². The number of hydrogen-bond donors (Lipinski definition) is 0. The van der Waals surface area contributed by atoms with Crippen molar-refractivity contribution >= 4 is 5.69 Å². The third kappa shape index (κ3) is 2.72. The van der Waals surface area contributed by atoms with Crippen LogP contribution in [0, 0.1) is 16.7 Å². The second-order valence-electron chi connectivity index (χ2n) is 7.51. The van der Waals surface area contributed by atoms with Gasteiger partial charge in [0.1, 0.15) is 18.8 Å². The van der Waals surface area contributed by atoms with E-state index in [2.05, 4.69) is 6.07 Å². The van der Waals surface area contributed by atoms with Crippen LogP contribution >= 0.6 is 0 Å². The van der Waals surface area contributed by atoms with Crippen LogP contribution in [-0.2, 0) is 4.84 Å². The lowest BCUT2D eigenvalue weighted by Gasteiger charge is -2.38. The lowest BCUT2D eigenvalue weighted by atomic mass is 9.71. The number of anilines is 1. The summed E-state index contributed by atoms with van der Waals surface area (Å²) in [5.41, 5.74) is 1.84. The second kappa shape index (κ2) is 7.40. The molecule has 3 unspecified atom stereocenters. The molecule has 0 N–H and O–H groups in total. The Kier molecular flexibility index (Phi) is 4.57. The summed E-state index contributed by atoms with van der Waals surface area (Å²) in [6, 6.07) is 27.9. The van der Waals surface area contributed by atoms with Gasteiger partial charge in [0.15, 0.2) is 16.9 Å². The maximum absolute atomic E-state index is 10.5. The van der Waals surface area contributed by atoms with Crippen molar-refractivity contribution in [1.29, 1.82) is 5.26 Å². The molecular weight excluding hydrogens is 376 g/mol. The van der Waals surface area contributed by atoms with Gasteiger partial charge in [0.25, 0.3) is 0 Å². The van der Waals surface area contributed by atoms with Crippen LogP contribution in [0.1, 0.15) is 30.2 Å². The molecule has 0 amide bonds. The minimum atomic E-state index is -0.908. The van der Waals surface area contributed by atoms with E-state index in [4.69, 9.17) is 14.3 Å². The highest BCUT2D eigenvalue weighted by Crippen LogP contribution is 2.61. The Morgan fingerprint density at radius 2 is 1.77 bits per heavy atom. The van der Waals surface area contributed by atoms with Crippen molar-refractivity contribution in [2.45, 2.75) is 19.1 Å². The summed E-state index contributed by atoms with van der Waals surface area (Å²) >= 11 is 0. The molecule has 3 aromatic carbocycles. The fourth-order valence-corrected chi connectivity index (χ4v) is 4.47. The highest BCUT2D eigenvalue weighted by atomic mass is 16.7. The molecule has 5 nitrogen and oxygen atoms in total. The first-order valence-corrected chi connectivity index (χ1v) is 10.1. The molecule has 2 aliphatic heterocycles. The van der Waals surface area contributed by atoms with Gasteiger partial charge >= 0.3 is 0 Å². The van der Waals surface area contributed by atoms with E-state index < -0.39 is 11.5 Å². The van der Waals surface area contributed by atoms with Gasteiger partial charge in [-0.1, -0.05) is 60.7 Å². The van der Waals surface area contributed by atoms with Crippen molar-refractivity contribution in [2.24, 2.45) is 5.41 Å². The zero-order valence-electron chi connectivity index (χ0n) is 16.7. The first-order chi connectivity index (χ1) is 14.8. The Balaban J connectivity index is 1.71. The van der Waals surface area contributed by atoms with Gasteiger partial charge in [-0.2, -0.15) is 5.26 Å². The molecule has 0 aliphatic carbocycles. The molecule has 1 fully saturated rings. The fraction of sp³-hybridized carbons (Fsp3) is 0.240. The number of hydroxylamine groups is 1. The lowest BCUT2D eigenvalue weighted by molar-refractivity contribution is 0.0337. The second-order valence-corrected chi connectivity index (χ2v) is 7.51. The van der Waals surface area contributed by atoms with Crippen molar-refractivity contribution in [2.75, 3.05) is 18.3 Å². The van der Waals surface area contributed by atoms with E-state index in [0.29, 0.717) is 18.1 Å². The number of fused-ring (bicyclic) bond motifs is 3. The fourth-order valence-electron chi connectivity index (χ4n) is 4.47. The number of nitriles is 1. The number of para-hydroxylation sites is 2. The van der Waals surface area contributed by atoms with Crippen LogP contribution in [0.2, 0.25) is 0 Å². The zero-order valence-corrected chi connectivity index (χ0v) is 16.7. The molecule has 5 heteroatoms. The van der Waals surface area contributed by atoms with E-state index in [1.165, 1.54) is 0 Å². The number of ether oxygens (including phenoxy) is 2. The summed E-state index contributed by atoms with van der Waals surface area (Å²) in [5, 5.41) is 12.4. The molecule has 0 spiro atoms. The molecule has 3 aromatic rings.